The number of nitrogens with zero attached hydrogens (tertiary/aromatic N) is 2. The van der Waals surface area contributed by atoms with Gasteiger partial charge in [-0.05, 0) is 42.8 Å². The van der Waals surface area contributed by atoms with Crippen LogP contribution in [-0.4, -0.2) is 39.1 Å². The fourth-order valence-electron chi connectivity index (χ4n) is 3.24. The van der Waals surface area contributed by atoms with E-state index in [-0.39, 0.29) is 18.9 Å². The van der Waals surface area contributed by atoms with Crippen LogP contribution in [0.4, 0.5) is 17.1 Å². The molecule has 2 amide bonds. The van der Waals surface area contributed by atoms with E-state index in [2.05, 4.69) is 5.32 Å². The molecule has 0 saturated heterocycles. The fraction of sp³-hybridized carbons (Fsp3) is 0.263. The zero-order valence-corrected chi connectivity index (χ0v) is 17.0. The van der Waals surface area contributed by atoms with Crippen molar-refractivity contribution < 1.29 is 18.0 Å². The summed E-state index contributed by atoms with van der Waals surface area (Å²) in [7, 11) is -3.77. The van der Waals surface area contributed by atoms with Gasteiger partial charge in [0.1, 0.15) is 12.6 Å². The predicted molar refractivity (Wildman–Crippen MR) is 110 cm³/mol. The minimum absolute atomic E-state index is 0.176. The van der Waals surface area contributed by atoms with Crippen LogP contribution in [0, 0.1) is 0 Å². The molecular weight excluding hydrogens is 402 g/mol. The summed E-state index contributed by atoms with van der Waals surface area (Å²) in [4.78, 5) is 26.8. The molecule has 2 aromatic rings. The number of para-hydroxylation sites is 2. The van der Waals surface area contributed by atoms with Crippen molar-refractivity contribution in [1.82, 2.24) is 0 Å². The first-order valence-corrected chi connectivity index (χ1v) is 10.9. The van der Waals surface area contributed by atoms with E-state index in [0.29, 0.717) is 22.1 Å². The predicted octanol–water partition coefficient (Wildman–Crippen LogP) is 2.87. The Hall–Kier alpha value is -2.58. The second-order valence-electron chi connectivity index (χ2n) is 6.45. The highest BCUT2D eigenvalue weighted by Gasteiger charge is 2.37. The molecule has 9 heteroatoms. The molecule has 0 bridgehead atoms. The van der Waals surface area contributed by atoms with E-state index in [4.69, 9.17) is 11.6 Å². The Bertz CT molecular complexity index is 1010. The second-order valence-corrected chi connectivity index (χ2v) is 8.74. The monoisotopic (exact) mass is 421 g/mol. The summed E-state index contributed by atoms with van der Waals surface area (Å²) in [5.41, 5.74) is 1.39. The molecule has 7 nitrogen and oxygen atoms in total. The SMILES string of the molecule is CC[C@@H](C(=O)N1CC(=O)Nc2ccccc21)N(c1ccc(Cl)cc1)S(C)(=O)=O. The summed E-state index contributed by atoms with van der Waals surface area (Å²) in [5, 5.41) is 3.18. The van der Waals surface area contributed by atoms with Gasteiger partial charge < -0.3 is 5.32 Å². The van der Waals surface area contributed by atoms with Gasteiger partial charge >= 0.3 is 0 Å². The number of fused-ring (bicyclic) bond motifs is 1. The number of benzene rings is 2. The van der Waals surface area contributed by atoms with Gasteiger partial charge in [0, 0.05) is 5.02 Å². The molecule has 0 aliphatic carbocycles. The molecule has 1 N–H and O–H groups in total. The van der Waals surface area contributed by atoms with Crippen LogP contribution < -0.4 is 14.5 Å². The molecule has 3 rings (SSSR count). The van der Waals surface area contributed by atoms with Crippen molar-refractivity contribution in [3.63, 3.8) is 0 Å². The number of anilines is 3. The van der Waals surface area contributed by atoms with Gasteiger partial charge in [0.2, 0.25) is 15.9 Å². The summed E-state index contributed by atoms with van der Waals surface area (Å²) < 4.78 is 26.2. The lowest BCUT2D eigenvalue weighted by molar-refractivity contribution is -0.122. The first-order chi connectivity index (χ1) is 13.2. The van der Waals surface area contributed by atoms with E-state index in [0.717, 1.165) is 10.6 Å². The minimum atomic E-state index is -3.77. The van der Waals surface area contributed by atoms with Gasteiger partial charge in [0.25, 0.3) is 5.91 Å². The topological polar surface area (TPSA) is 86.8 Å². The van der Waals surface area contributed by atoms with Gasteiger partial charge in [-0.3, -0.25) is 18.8 Å². The zero-order valence-electron chi connectivity index (χ0n) is 15.4. The van der Waals surface area contributed by atoms with Crippen LogP contribution in [-0.2, 0) is 19.6 Å². The summed E-state index contributed by atoms with van der Waals surface area (Å²) in [5.74, 6) is -0.801. The molecule has 0 unspecified atom stereocenters. The number of carbonyl (C=O) groups is 2. The number of rotatable bonds is 5. The van der Waals surface area contributed by atoms with Crippen molar-refractivity contribution >= 4 is 50.5 Å². The number of hydrogen-bond acceptors (Lipinski definition) is 4. The Morgan fingerprint density at radius 1 is 1.21 bits per heavy atom. The molecule has 28 heavy (non-hydrogen) atoms. The van der Waals surface area contributed by atoms with Crippen LogP contribution in [0.15, 0.2) is 48.5 Å². The lowest BCUT2D eigenvalue weighted by Gasteiger charge is -2.36. The van der Waals surface area contributed by atoms with E-state index in [1.165, 1.54) is 4.90 Å². The Morgan fingerprint density at radius 3 is 2.46 bits per heavy atom. The van der Waals surface area contributed by atoms with Crippen LogP contribution in [0.2, 0.25) is 5.02 Å². The normalized spacial score (nSPS) is 14.8. The maximum Gasteiger partial charge on any atom is 0.251 e. The Morgan fingerprint density at radius 2 is 1.86 bits per heavy atom. The Balaban J connectivity index is 2.04. The standard InChI is InChI=1S/C19H20ClN3O4S/c1-3-16(23(28(2,26)27)14-10-8-13(20)9-11-14)19(25)22-12-18(24)21-15-6-4-5-7-17(15)22/h4-11,16H,3,12H2,1-2H3,(H,21,24)/t16-/m0/s1. The van der Waals surface area contributed by atoms with Gasteiger partial charge in [-0.1, -0.05) is 30.7 Å². The van der Waals surface area contributed by atoms with Crippen LogP contribution in [0.25, 0.3) is 0 Å². The van der Waals surface area contributed by atoms with Crippen molar-refractivity contribution in [3.8, 4) is 0 Å². The first kappa shape index (κ1) is 20.2. The number of halogens is 1. The van der Waals surface area contributed by atoms with Crippen LogP contribution in [0.3, 0.4) is 0 Å². The number of nitrogens with one attached hydrogen (secondary N) is 1. The van der Waals surface area contributed by atoms with Crippen LogP contribution >= 0.6 is 11.6 Å². The van der Waals surface area contributed by atoms with Gasteiger partial charge in [0.05, 0.1) is 23.3 Å². The van der Waals surface area contributed by atoms with E-state index < -0.39 is 22.0 Å². The molecule has 1 aliphatic heterocycles. The molecular formula is C19H20ClN3O4S. The van der Waals surface area contributed by atoms with Crippen molar-refractivity contribution in [2.45, 2.75) is 19.4 Å². The molecule has 0 spiro atoms. The van der Waals surface area contributed by atoms with Crippen molar-refractivity contribution in [1.29, 1.82) is 0 Å². The lowest BCUT2D eigenvalue weighted by Crippen LogP contribution is -2.53. The quantitative estimate of drug-likeness (QED) is 0.804. The second kappa shape index (κ2) is 7.81. The third-order valence-corrected chi connectivity index (χ3v) is 5.86. The number of sulfonamides is 1. The number of carbonyl (C=O) groups excluding carboxylic acids is 2. The molecule has 1 atom stereocenters. The number of hydrogen-bond donors (Lipinski definition) is 1. The Kier molecular flexibility index (Phi) is 5.62. The zero-order chi connectivity index (χ0) is 20.5. The first-order valence-electron chi connectivity index (χ1n) is 8.67. The molecule has 148 valence electrons. The average Bonchev–Trinajstić information content (AvgIpc) is 2.65. The van der Waals surface area contributed by atoms with Gasteiger partial charge in [-0.15, -0.1) is 0 Å². The fourth-order valence-corrected chi connectivity index (χ4v) is 4.57. The molecule has 1 heterocycles. The molecule has 1 aliphatic rings. The summed E-state index contributed by atoms with van der Waals surface area (Å²) >= 11 is 5.91. The van der Waals surface area contributed by atoms with Crippen molar-refractivity contribution in [2.75, 3.05) is 27.3 Å². The molecule has 2 aromatic carbocycles. The maximum atomic E-state index is 13.4. The van der Waals surface area contributed by atoms with Crippen LogP contribution in [0.1, 0.15) is 13.3 Å². The van der Waals surface area contributed by atoms with E-state index in [1.54, 1.807) is 55.5 Å². The average molecular weight is 422 g/mol. The highest BCUT2D eigenvalue weighted by Crippen LogP contribution is 2.32. The van der Waals surface area contributed by atoms with Crippen molar-refractivity contribution in [2.24, 2.45) is 0 Å². The smallest absolute Gasteiger partial charge is 0.251 e. The van der Waals surface area contributed by atoms with E-state index in [1.807, 2.05) is 0 Å². The minimum Gasteiger partial charge on any atom is -0.323 e. The summed E-state index contributed by atoms with van der Waals surface area (Å²) in [6, 6.07) is 12.1. The van der Waals surface area contributed by atoms with Gasteiger partial charge in [0.15, 0.2) is 0 Å². The summed E-state index contributed by atoms with van der Waals surface area (Å²) in [6.07, 6.45) is 1.28. The lowest BCUT2D eigenvalue weighted by atomic mass is 10.1. The van der Waals surface area contributed by atoms with Crippen LogP contribution in [0.5, 0.6) is 0 Å². The molecule has 0 fully saturated rings. The maximum absolute atomic E-state index is 13.4. The molecule has 0 saturated carbocycles. The largest absolute Gasteiger partial charge is 0.323 e. The van der Waals surface area contributed by atoms with E-state index in [9.17, 15) is 18.0 Å². The van der Waals surface area contributed by atoms with E-state index >= 15 is 0 Å². The summed E-state index contributed by atoms with van der Waals surface area (Å²) in [6.45, 7) is 1.55. The molecule has 0 radical (unpaired) electrons. The molecule has 0 aromatic heterocycles. The number of amides is 2. The third-order valence-electron chi connectivity index (χ3n) is 4.43. The highest BCUT2D eigenvalue weighted by molar-refractivity contribution is 7.92. The van der Waals surface area contributed by atoms with Crippen molar-refractivity contribution in [3.05, 3.63) is 53.6 Å². The Labute approximate surface area is 168 Å². The van der Waals surface area contributed by atoms with Gasteiger partial charge in [-0.2, -0.15) is 0 Å². The third kappa shape index (κ3) is 3.98. The van der Waals surface area contributed by atoms with Gasteiger partial charge in [-0.25, -0.2) is 8.42 Å². The highest BCUT2D eigenvalue weighted by atomic mass is 35.5.